The smallest absolute Gasteiger partial charge is 0.226 e. The third-order valence-electron chi connectivity index (χ3n) is 3.00. The van der Waals surface area contributed by atoms with Crippen LogP contribution in [-0.4, -0.2) is 39.3 Å². The molecule has 0 amide bonds. The van der Waals surface area contributed by atoms with Gasteiger partial charge in [-0.3, -0.25) is 5.10 Å². The largest absolute Gasteiger partial charge is 0.481 e. The molecule has 0 atom stereocenters. The van der Waals surface area contributed by atoms with Crippen LogP contribution >= 0.6 is 0 Å². The molecule has 0 saturated carbocycles. The molecule has 8 nitrogen and oxygen atoms in total. The number of methoxy groups -OCH3 is 1. The third-order valence-corrected chi connectivity index (χ3v) is 3.00. The number of aromatic amines is 1. The van der Waals surface area contributed by atoms with Crippen molar-refractivity contribution in [3.8, 4) is 5.88 Å². The van der Waals surface area contributed by atoms with Crippen molar-refractivity contribution in [1.82, 2.24) is 25.1 Å². The van der Waals surface area contributed by atoms with Crippen molar-refractivity contribution >= 4 is 22.8 Å². The molecule has 0 unspecified atom stereocenters. The van der Waals surface area contributed by atoms with E-state index in [2.05, 4.69) is 35.8 Å². The number of anilines is 2. The maximum atomic E-state index is 5.04. The number of rotatable bonds is 5. The summed E-state index contributed by atoms with van der Waals surface area (Å²) in [7, 11) is 3.37. The fourth-order valence-electron chi connectivity index (χ4n) is 1.90. The van der Waals surface area contributed by atoms with Gasteiger partial charge in [-0.1, -0.05) is 6.07 Å². The maximum Gasteiger partial charge on any atom is 0.226 e. The predicted molar refractivity (Wildman–Crippen MR) is 79.3 cm³/mol. The van der Waals surface area contributed by atoms with Crippen molar-refractivity contribution in [1.29, 1.82) is 0 Å². The van der Waals surface area contributed by atoms with Crippen LogP contribution in [-0.2, 0) is 6.54 Å². The van der Waals surface area contributed by atoms with Crippen LogP contribution < -0.4 is 15.4 Å². The molecule has 0 radical (unpaired) electrons. The molecule has 0 fully saturated rings. The van der Waals surface area contributed by atoms with E-state index in [9.17, 15) is 0 Å². The van der Waals surface area contributed by atoms with Crippen molar-refractivity contribution in [2.75, 3.05) is 24.8 Å². The van der Waals surface area contributed by atoms with Crippen LogP contribution in [0.3, 0.4) is 0 Å². The van der Waals surface area contributed by atoms with Gasteiger partial charge in [0.25, 0.3) is 0 Å². The van der Waals surface area contributed by atoms with E-state index in [0.717, 1.165) is 10.9 Å². The van der Waals surface area contributed by atoms with Crippen molar-refractivity contribution in [2.45, 2.75) is 6.54 Å². The van der Waals surface area contributed by atoms with E-state index in [-0.39, 0.29) is 0 Å². The standard InChI is InChI=1S/C13H15N7O/c1-14-13-18-11(9-7-17-20-12(9)19-13)16-6-8-3-4-10(21-2)15-5-8/h3-5,7H,6H2,1-2H3,(H3,14,16,17,18,19,20). The maximum absolute atomic E-state index is 5.04. The van der Waals surface area contributed by atoms with Gasteiger partial charge in [-0.2, -0.15) is 15.1 Å². The molecule has 0 aromatic carbocycles. The number of pyridine rings is 1. The van der Waals surface area contributed by atoms with Crippen molar-refractivity contribution in [3.05, 3.63) is 30.1 Å². The summed E-state index contributed by atoms with van der Waals surface area (Å²) in [6.07, 6.45) is 3.46. The molecule has 3 aromatic heterocycles. The molecule has 21 heavy (non-hydrogen) atoms. The average Bonchev–Trinajstić information content (AvgIpc) is 3.01. The highest BCUT2D eigenvalue weighted by Gasteiger charge is 2.08. The van der Waals surface area contributed by atoms with Gasteiger partial charge in [0.15, 0.2) is 5.65 Å². The molecule has 3 N–H and O–H groups in total. The number of hydrogen-bond acceptors (Lipinski definition) is 7. The highest BCUT2D eigenvalue weighted by Crippen LogP contribution is 2.20. The summed E-state index contributed by atoms with van der Waals surface area (Å²) in [6, 6.07) is 3.77. The number of fused-ring (bicyclic) bond motifs is 1. The Kier molecular flexibility index (Phi) is 3.50. The van der Waals surface area contributed by atoms with E-state index in [0.29, 0.717) is 29.8 Å². The second-order valence-electron chi connectivity index (χ2n) is 4.34. The Morgan fingerprint density at radius 3 is 2.86 bits per heavy atom. The topological polar surface area (TPSA) is 101 Å². The third kappa shape index (κ3) is 2.69. The Hall–Kier alpha value is -2.90. The first-order chi connectivity index (χ1) is 10.3. The van der Waals surface area contributed by atoms with Crippen LogP contribution in [0.4, 0.5) is 11.8 Å². The lowest BCUT2D eigenvalue weighted by molar-refractivity contribution is 0.397. The molecule has 3 rings (SSSR count). The SMILES string of the molecule is CNc1nc(NCc2ccc(OC)nc2)c2cn[nH]c2n1. The van der Waals surface area contributed by atoms with Gasteiger partial charge in [0, 0.05) is 25.9 Å². The second kappa shape index (κ2) is 5.61. The lowest BCUT2D eigenvalue weighted by atomic mass is 10.3. The number of hydrogen-bond donors (Lipinski definition) is 3. The van der Waals surface area contributed by atoms with Crippen LogP contribution in [0.1, 0.15) is 5.56 Å². The van der Waals surface area contributed by atoms with Crippen molar-refractivity contribution < 1.29 is 4.74 Å². The van der Waals surface area contributed by atoms with Gasteiger partial charge in [-0.25, -0.2) is 4.98 Å². The Morgan fingerprint density at radius 1 is 1.24 bits per heavy atom. The lowest BCUT2D eigenvalue weighted by Crippen LogP contribution is -2.05. The molecule has 0 aliphatic rings. The molecule has 3 heterocycles. The van der Waals surface area contributed by atoms with E-state index in [4.69, 9.17) is 4.74 Å². The van der Waals surface area contributed by atoms with Crippen LogP contribution in [0.15, 0.2) is 24.5 Å². The molecule has 108 valence electrons. The molecular weight excluding hydrogens is 270 g/mol. The minimum Gasteiger partial charge on any atom is -0.481 e. The lowest BCUT2D eigenvalue weighted by Gasteiger charge is -2.08. The normalized spacial score (nSPS) is 10.6. The Balaban J connectivity index is 1.81. The summed E-state index contributed by atoms with van der Waals surface area (Å²) in [6.45, 7) is 0.595. The van der Waals surface area contributed by atoms with Gasteiger partial charge in [0.1, 0.15) is 5.82 Å². The summed E-state index contributed by atoms with van der Waals surface area (Å²) in [5.41, 5.74) is 1.71. The molecule has 0 aliphatic carbocycles. The summed E-state index contributed by atoms with van der Waals surface area (Å²) in [5, 5.41) is 13.9. The Bertz CT molecular complexity index is 738. The predicted octanol–water partition coefficient (Wildman–Crippen LogP) is 1.41. The zero-order valence-electron chi connectivity index (χ0n) is 11.7. The quantitative estimate of drug-likeness (QED) is 0.651. The highest BCUT2D eigenvalue weighted by molar-refractivity contribution is 5.86. The van der Waals surface area contributed by atoms with E-state index in [1.54, 1.807) is 26.6 Å². The van der Waals surface area contributed by atoms with Gasteiger partial charge in [0.05, 0.1) is 18.7 Å². The molecule has 0 saturated heterocycles. The monoisotopic (exact) mass is 285 g/mol. The summed E-state index contributed by atoms with van der Waals surface area (Å²) in [5.74, 6) is 1.84. The first-order valence-corrected chi connectivity index (χ1v) is 6.42. The molecule has 0 spiro atoms. The van der Waals surface area contributed by atoms with E-state index in [1.165, 1.54) is 0 Å². The number of nitrogens with zero attached hydrogens (tertiary/aromatic N) is 4. The van der Waals surface area contributed by atoms with Gasteiger partial charge in [-0.05, 0) is 5.56 Å². The molecule has 0 aliphatic heterocycles. The Labute approximate surface area is 121 Å². The van der Waals surface area contributed by atoms with Crippen LogP contribution in [0, 0.1) is 0 Å². The second-order valence-corrected chi connectivity index (χ2v) is 4.34. The average molecular weight is 285 g/mol. The van der Waals surface area contributed by atoms with Crippen LogP contribution in [0.5, 0.6) is 5.88 Å². The first kappa shape index (κ1) is 13.1. The highest BCUT2D eigenvalue weighted by atomic mass is 16.5. The summed E-state index contributed by atoms with van der Waals surface area (Å²) < 4.78 is 5.04. The number of H-pyrrole nitrogens is 1. The molecule has 3 aromatic rings. The molecule has 8 heteroatoms. The minimum atomic E-state index is 0.530. The molecular formula is C13H15N7O. The fourth-order valence-corrected chi connectivity index (χ4v) is 1.90. The van der Waals surface area contributed by atoms with Crippen molar-refractivity contribution in [3.63, 3.8) is 0 Å². The molecule has 0 bridgehead atoms. The summed E-state index contributed by atoms with van der Waals surface area (Å²) >= 11 is 0. The van der Waals surface area contributed by atoms with E-state index >= 15 is 0 Å². The van der Waals surface area contributed by atoms with Crippen LogP contribution in [0.25, 0.3) is 11.0 Å². The van der Waals surface area contributed by atoms with E-state index < -0.39 is 0 Å². The minimum absolute atomic E-state index is 0.530. The number of aromatic nitrogens is 5. The zero-order valence-corrected chi connectivity index (χ0v) is 11.7. The van der Waals surface area contributed by atoms with Gasteiger partial charge in [-0.15, -0.1) is 0 Å². The van der Waals surface area contributed by atoms with Gasteiger partial charge in [0.2, 0.25) is 11.8 Å². The van der Waals surface area contributed by atoms with Crippen molar-refractivity contribution in [2.24, 2.45) is 0 Å². The number of ether oxygens (including phenoxy) is 1. The zero-order chi connectivity index (χ0) is 14.7. The van der Waals surface area contributed by atoms with Gasteiger partial charge < -0.3 is 15.4 Å². The number of nitrogens with one attached hydrogen (secondary N) is 3. The first-order valence-electron chi connectivity index (χ1n) is 6.42. The van der Waals surface area contributed by atoms with E-state index in [1.807, 2.05) is 12.1 Å². The summed E-state index contributed by atoms with van der Waals surface area (Å²) in [4.78, 5) is 12.9. The van der Waals surface area contributed by atoms with Gasteiger partial charge >= 0.3 is 0 Å². The fraction of sp³-hybridized carbons (Fsp3) is 0.231. The Morgan fingerprint density at radius 2 is 2.14 bits per heavy atom. The van der Waals surface area contributed by atoms with Crippen LogP contribution in [0.2, 0.25) is 0 Å².